The van der Waals surface area contributed by atoms with Crippen molar-refractivity contribution in [2.24, 2.45) is 0 Å². The summed E-state index contributed by atoms with van der Waals surface area (Å²) in [6.45, 7) is 6.15. The van der Waals surface area contributed by atoms with Gasteiger partial charge < -0.3 is 5.32 Å². The number of thioether (sulfide) groups is 1. The fourth-order valence-electron chi connectivity index (χ4n) is 5.67. The number of aromatic nitrogens is 2. The van der Waals surface area contributed by atoms with Crippen LogP contribution < -0.4 is 10.9 Å². The maximum atomic E-state index is 14.1. The van der Waals surface area contributed by atoms with Crippen LogP contribution in [0.15, 0.2) is 65.1 Å². The van der Waals surface area contributed by atoms with Gasteiger partial charge in [-0.2, -0.15) is 0 Å². The van der Waals surface area contributed by atoms with E-state index >= 15 is 0 Å². The van der Waals surface area contributed by atoms with Crippen LogP contribution in [0.4, 0.5) is 5.69 Å². The molecule has 0 aliphatic heterocycles. The number of nitrogens with one attached hydrogen (secondary N) is 1. The molecule has 36 heavy (non-hydrogen) atoms. The SMILES string of the molecule is C=CCn1c(SCC(=O)Nc2cc(Cl)ccc2C)nc2c(c1=O)C1(CCCCC1)Cc1ccccc1-2. The van der Waals surface area contributed by atoms with Crippen LogP contribution in [0.5, 0.6) is 0 Å². The molecule has 0 saturated heterocycles. The second kappa shape index (κ2) is 10.3. The summed E-state index contributed by atoms with van der Waals surface area (Å²) in [7, 11) is 0. The number of allylic oxidation sites excluding steroid dienone is 1. The van der Waals surface area contributed by atoms with Crippen LogP contribution in [0.1, 0.15) is 48.8 Å². The summed E-state index contributed by atoms with van der Waals surface area (Å²) in [5.74, 6) is -0.0483. The molecule has 1 N–H and O–H groups in total. The number of carbonyl (C=O) groups is 1. The predicted octanol–water partition coefficient (Wildman–Crippen LogP) is 6.55. The highest BCUT2D eigenvalue weighted by Crippen LogP contribution is 2.48. The summed E-state index contributed by atoms with van der Waals surface area (Å²) in [6, 6.07) is 13.7. The predicted molar refractivity (Wildman–Crippen MR) is 148 cm³/mol. The minimum atomic E-state index is -0.174. The molecule has 3 aromatic rings. The third-order valence-electron chi connectivity index (χ3n) is 7.39. The topological polar surface area (TPSA) is 64.0 Å². The molecule has 1 fully saturated rings. The first kappa shape index (κ1) is 24.8. The van der Waals surface area contributed by atoms with E-state index in [9.17, 15) is 9.59 Å². The molecule has 0 bridgehead atoms. The van der Waals surface area contributed by atoms with Crippen LogP contribution in [0.3, 0.4) is 0 Å². The average molecular weight is 520 g/mol. The van der Waals surface area contributed by atoms with Crippen LogP contribution in [-0.4, -0.2) is 21.2 Å². The highest BCUT2D eigenvalue weighted by molar-refractivity contribution is 7.99. The van der Waals surface area contributed by atoms with E-state index in [1.165, 1.54) is 23.7 Å². The Bertz CT molecular complexity index is 1390. The van der Waals surface area contributed by atoms with Gasteiger partial charge >= 0.3 is 0 Å². The number of fused-ring (bicyclic) bond motifs is 4. The van der Waals surface area contributed by atoms with Crippen molar-refractivity contribution in [2.45, 2.75) is 62.6 Å². The van der Waals surface area contributed by atoms with Gasteiger partial charge in [0.2, 0.25) is 5.91 Å². The van der Waals surface area contributed by atoms with Crippen molar-refractivity contribution >= 4 is 35.0 Å². The monoisotopic (exact) mass is 519 g/mol. The van der Waals surface area contributed by atoms with Crippen molar-refractivity contribution in [1.29, 1.82) is 0 Å². The van der Waals surface area contributed by atoms with Crippen molar-refractivity contribution < 1.29 is 4.79 Å². The Labute approximate surface area is 221 Å². The standard InChI is InChI=1S/C29H30ClN3O2S/c1-3-15-33-27(35)25-26(22-10-6-5-9-20(22)17-29(25)13-7-4-8-14-29)32-28(33)36-18-24(34)31-23-16-21(30)12-11-19(23)2/h3,5-6,9-12,16H,1,4,7-8,13-15,17-18H2,2H3,(H,31,34). The van der Waals surface area contributed by atoms with Crippen molar-refractivity contribution in [2.75, 3.05) is 11.1 Å². The lowest BCUT2D eigenvalue weighted by molar-refractivity contribution is -0.113. The molecular weight excluding hydrogens is 490 g/mol. The van der Waals surface area contributed by atoms with E-state index in [4.69, 9.17) is 16.6 Å². The fraction of sp³-hybridized carbons (Fsp3) is 0.345. The van der Waals surface area contributed by atoms with Crippen molar-refractivity contribution in [1.82, 2.24) is 9.55 Å². The third kappa shape index (κ3) is 4.64. The zero-order valence-electron chi connectivity index (χ0n) is 20.5. The Morgan fingerprint density at radius 1 is 1.22 bits per heavy atom. The zero-order valence-corrected chi connectivity index (χ0v) is 22.1. The van der Waals surface area contributed by atoms with Gasteiger partial charge in [-0.25, -0.2) is 4.98 Å². The van der Waals surface area contributed by atoms with Gasteiger partial charge in [-0.1, -0.05) is 79.0 Å². The maximum Gasteiger partial charge on any atom is 0.258 e. The number of benzene rings is 2. The highest BCUT2D eigenvalue weighted by atomic mass is 35.5. The number of hydrogen-bond donors (Lipinski definition) is 1. The molecule has 1 saturated carbocycles. The summed E-state index contributed by atoms with van der Waals surface area (Å²) in [4.78, 5) is 32.0. The van der Waals surface area contributed by atoms with E-state index in [1.54, 1.807) is 22.8 Å². The Kier molecular flexibility index (Phi) is 7.09. The summed E-state index contributed by atoms with van der Waals surface area (Å²) < 4.78 is 1.69. The molecule has 5 rings (SSSR count). The van der Waals surface area contributed by atoms with E-state index in [0.29, 0.717) is 22.4 Å². The van der Waals surface area contributed by atoms with Crippen LogP contribution in [0.2, 0.25) is 5.02 Å². The first-order chi connectivity index (χ1) is 17.4. The number of amides is 1. The quantitative estimate of drug-likeness (QED) is 0.228. The number of carbonyl (C=O) groups excluding carboxylic acids is 1. The number of hydrogen-bond acceptors (Lipinski definition) is 4. The molecule has 1 aromatic heterocycles. The Balaban J connectivity index is 1.53. The Hall–Kier alpha value is -2.83. The van der Waals surface area contributed by atoms with Crippen molar-refractivity contribution in [3.63, 3.8) is 0 Å². The first-order valence-electron chi connectivity index (χ1n) is 12.5. The molecule has 0 radical (unpaired) electrons. The second-order valence-corrected chi connectivity index (χ2v) is 11.2. The lowest BCUT2D eigenvalue weighted by Crippen LogP contribution is -2.43. The second-order valence-electron chi connectivity index (χ2n) is 9.79. The molecule has 5 nitrogen and oxygen atoms in total. The van der Waals surface area contributed by atoms with Crippen LogP contribution >= 0.6 is 23.4 Å². The van der Waals surface area contributed by atoms with Crippen LogP contribution in [0.25, 0.3) is 11.3 Å². The molecule has 1 amide bonds. The minimum Gasteiger partial charge on any atom is -0.325 e. The maximum absolute atomic E-state index is 14.1. The van der Waals surface area contributed by atoms with Crippen molar-refractivity contribution in [3.8, 4) is 11.3 Å². The van der Waals surface area contributed by atoms with E-state index in [-0.39, 0.29) is 22.6 Å². The number of aryl methyl sites for hydroxylation is 1. The molecule has 186 valence electrons. The van der Waals surface area contributed by atoms with Gasteiger partial charge in [0.05, 0.1) is 17.0 Å². The van der Waals surface area contributed by atoms with Gasteiger partial charge in [0.1, 0.15) is 0 Å². The minimum absolute atomic E-state index is 0.00453. The largest absolute Gasteiger partial charge is 0.325 e. The van der Waals surface area contributed by atoms with Gasteiger partial charge in [-0.3, -0.25) is 14.2 Å². The smallest absolute Gasteiger partial charge is 0.258 e. The molecule has 2 aliphatic carbocycles. The number of rotatable bonds is 6. The molecule has 7 heteroatoms. The summed E-state index contributed by atoms with van der Waals surface area (Å²) in [6.07, 6.45) is 8.08. The molecule has 1 spiro atoms. The zero-order chi connectivity index (χ0) is 25.3. The summed E-state index contributed by atoms with van der Waals surface area (Å²) in [5, 5.41) is 4.04. The molecule has 2 aliphatic rings. The fourth-order valence-corrected chi connectivity index (χ4v) is 6.64. The molecule has 0 atom stereocenters. The third-order valence-corrected chi connectivity index (χ3v) is 8.61. The lowest BCUT2D eigenvalue weighted by Gasteiger charge is -2.42. The van der Waals surface area contributed by atoms with Gasteiger partial charge in [-0.15, -0.1) is 6.58 Å². The van der Waals surface area contributed by atoms with E-state index in [0.717, 1.165) is 54.5 Å². The highest BCUT2D eigenvalue weighted by Gasteiger charge is 2.43. The van der Waals surface area contributed by atoms with Gasteiger partial charge in [0.25, 0.3) is 5.56 Å². The van der Waals surface area contributed by atoms with Crippen LogP contribution in [-0.2, 0) is 23.2 Å². The number of nitrogens with zero attached hydrogens (tertiary/aromatic N) is 2. The molecule has 0 unspecified atom stereocenters. The molecular formula is C29H30ClN3O2S. The van der Waals surface area contributed by atoms with E-state index < -0.39 is 0 Å². The molecule has 2 aromatic carbocycles. The summed E-state index contributed by atoms with van der Waals surface area (Å²) in [5.41, 5.74) is 5.39. The average Bonchev–Trinajstić information content (AvgIpc) is 2.87. The summed E-state index contributed by atoms with van der Waals surface area (Å²) >= 11 is 7.38. The lowest BCUT2D eigenvalue weighted by atomic mass is 9.62. The Morgan fingerprint density at radius 2 is 2.00 bits per heavy atom. The Morgan fingerprint density at radius 3 is 2.78 bits per heavy atom. The normalized spacial score (nSPS) is 15.7. The van der Waals surface area contributed by atoms with Gasteiger partial charge in [-0.05, 0) is 49.4 Å². The van der Waals surface area contributed by atoms with E-state index in [1.807, 2.05) is 19.1 Å². The number of anilines is 1. The van der Waals surface area contributed by atoms with E-state index in [2.05, 4.69) is 30.1 Å². The van der Waals surface area contributed by atoms with Gasteiger partial charge in [0.15, 0.2) is 5.16 Å². The van der Waals surface area contributed by atoms with Gasteiger partial charge in [0, 0.05) is 28.2 Å². The molecule has 1 heterocycles. The number of halogens is 1. The van der Waals surface area contributed by atoms with Crippen molar-refractivity contribution in [3.05, 3.63) is 87.2 Å². The van der Waals surface area contributed by atoms with Crippen LogP contribution in [0, 0.1) is 6.92 Å². The first-order valence-corrected chi connectivity index (χ1v) is 13.8.